The molecule has 110 valence electrons. The standard InChI is InChI=1S/C11H14Cl2O.C5H12/c1-11(2,3)7-14-10-5-4-8(12)6-9(10)13;1-5(2,3)4/h4-6H,7H2,1-3H3;1-4H3. The third-order valence-electron chi connectivity index (χ3n) is 1.55. The Morgan fingerprint density at radius 2 is 1.42 bits per heavy atom. The molecule has 0 aliphatic heterocycles. The van der Waals surface area contributed by atoms with Crippen molar-refractivity contribution in [3.63, 3.8) is 0 Å². The normalized spacial score (nSPS) is 11.6. The van der Waals surface area contributed by atoms with E-state index in [4.69, 9.17) is 27.9 Å². The largest absolute Gasteiger partial charge is 0.491 e. The van der Waals surface area contributed by atoms with Gasteiger partial charge in [-0.25, -0.2) is 0 Å². The molecule has 0 unspecified atom stereocenters. The first kappa shape index (κ1) is 18.6. The highest BCUT2D eigenvalue weighted by atomic mass is 35.5. The Morgan fingerprint density at radius 1 is 0.947 bits per heavy atom. The quantitative estimate of drug-likeness (QED) is 0.608. The van der Waals surface area contributed by atoms with Gasteiger partial charge in [0.15, 0.2) is 0 Å². The van der Waals surface area contributed by atoms with Gasteiger partial charge < -0.3 is 4.74 Å². The highest BCUT2D eigenvalue weighted by molar-refractivity contribution is 6.35. The second kappa shape index (κ2) is 7.40. The van der Waals surface area contributed by atoms with Crippen LogP contribution in [0.15, 0.2) is 18.2 Å². The Balaban J connectivity index is 0.000000555. The number of hydrogen-bond donors (Lipinski definition) is 0. The minimum absolute atomic E-state index is 0.128. The zero-order valence-electron chi connectivity index (χ0n) is 13.1. The number of halogens is 2. The van der Waals surface area contributed by atoms with Gasteiger partial charge in [0, 0.05) is 5.02 Å². The summed E-state index contributed by atoms with van der Waals surface area (Å²) in [5.74, 6) is 0.686. The van der Waals surface area contributed by atoms with Crippen LogP contribution in [0.25, 0.3) is 0 Å². The SMILES string of the molecule is CC(C)(C)C.CC(C)(C)COc1ccc(Cl)cc1Cl. The van der Waals surface area contributed by atoms with Crippen LogP contribution in [0.1, 0.15) is 48.5 Å². The van der Waals surface area contributed by atoms with Crippen LogP contribution in [0, 0.1) is 10.8 Å². The monoisotopic (exact) mass is 304 g/mol. The predicted molar refractivity (Wildman–Crippen MR) is 86.5 cm³/mol. The third kappa shape index (κ3) is 12.4. The van der Waals surface area contributed by atoms with Crippen LogP contribution in [0.3, 0.4) is 0 Å². The summed E-state index contributed by atoms with van der Waals surface area (Å²) in [6, 6.07) is 5.24. The molecule has 1 aromatic carbocycles. The molecular formula is C16H26Cl2O. The summed E-state index contributed by atoms with van der Waals surface area (Å²) in [4.78, 5) is 0. The van der Waals surface area contributed by atoms with Gasteiger partial charge in [0.25, 0.3) is 0 Å². The van der Waals surface area contributed by atoms with Gasteiger partial charge in [-0.05, 0) is 29.0 Å². The van der Waals surface area contributed by atoms with Crippen LogP contribution in [-0.4, -0.2) is 6.61 Å². The number of benzene rings is 1. The zero-order chi connectivity index (χ0) is 15.3. The minimum Gasteiger partial charge on any atom is -0.491 e. The van der Waals surface area contributed by atoms with E-state index in [0.717, 1.165) is 0 Å². The van der Waals surface area contributed by atoms with Gasteiger partial charge in [-0.3, -0.25) is 0 Å². The molecule has 0 aliphatic carbocycles. The van der Waals surface area contributed by atoms with E-state index >= 15 is 0 Å². The molecule has 0 radical (unpaired) electrons. The van der Waals surface area contributed by atoms with Gasteiger partial charge in [-0.2, -0.15) is 0 Å². The number of rotatable bonds is 2. The molecule has 19 heavy (non-hydrogen) atoms. The first-order valence-electron chi connectivity index (χ1n) is 6.46. The highest BCUT2D eigenvalue weighted by Gasteiger charge is 2.12. The van der Waals surface area contributed by atoms with Gasteiger partial charge in [-0.15, -0.1) is 0 Å². The molecule has 0 N–H and O–H groups in total. The molecule has 0 bridgehead atoms. The van der Waals surface area contributed by atoms with Gasteiger partial charge in [-0.1, -0.05) is 71.7 Å². The molecule has 0 atom stereocenters. The Morgan fingerprint density at radius 3 is 1.79 bits per heavy atom. The molecule has 3 heteroatoms. The number of hydrogen-bond acceptors (Lipinski definition) is 1. The van der Waals surface area contributed by atoms with Gasteiger partial charge in [0.1, 0.15) is 5.75 Å². The summed E-state index contributed by atoms with van der Waals surface area (Å²) in [5, 5.41) is 1.18. The van der Waals surface area contributed by atoms with Crippen molar-refractivity contribution in [2.75, 3.05) is 6.61 Å². The molecule has 0 saturated carbocycles. The smallest absolute Gasteiger partial charge is 0.138 e. The maximum Gasteiger partial charge on any atom is 0.138 e. The molecule has 0 fully saturated rings. The van der Waals surface area contributed by atoms with Crippen molar-refractivity contribution in [1.29, 1.82) is 0 Å². The van der Waals surface area contributed by atoms with Crippen molar-refractivity contribution in [3.8, 4) is 5.75 Å². The maximum absolute atomic E-state index is 5.95. The fraction of sp³-hybridized carbons (Fsp3) is 0.625. The van der Waals surface area contributed by atoms with Crippen LogP contribution in [0.5, 0.6) is 5.75 Å². The topological polar surface area (TPSA) is 9.23 Å². The number of ether oxygens (including phenoxy) is 1. The van der Waals surface area contributed by atoms with E-state index in [9.17, 15) is 0 Å². The van der Waals surface area contributed by atoms with Gasteiger partial charge >= 0.3 is 0 Å². The Hall–Kier alpha value is -0.400. The van der Waals surface area contributed by atoms with Crippen LogP contribution in [0.4, 0.5) is 0 Å². The molecule has 1 nitrogen and oxygen atoms in total. The summed E-state index contributed by atoms with van der Waals surface area (Å²) in [5.41, 5.74) is 0.628. The lowest BCUT2D eigenvalue weighted by Crippen LogP contribution is -2.16. The van der Waals surface area contributed by atoms with E-state index in [-0.39, 0.29) is 5.41 Å². The Bertz CT molecular complexity index is 381. The fourth-order valence-electron chi connectivity index (χ4n) is 0.887. The molecule has 0 saturated heterocycles. The minimum atomic E-state index is 0.128. The molecule has 0 aromatic heterocycles. The van der Waals surface area contributed by atoms with Gasteiger partial charge in [0.05, 0.1) is 11.6 Å². The summed E-state index contributed by atoms with van der Waals surface area (Å²) in [6.07, 6.45) is 0. The average Bonchev–Trinajstić information content (AvgIpc) is 2.11. The first-order chi connectivity index (χ1) is 8.38. The Kier molecular flexibility index (Phi) is 7.24. The highest BCUT2D eigenvalue weighted by Crippen LogP contribution is 2.28. The van der Waals surface area contributed by atoms with E-state index in [2.05, 4.69) is 48.5 Å². The van der Waals surface area contributed by atoms with Crippen molar-refractivity contribution >= 4 is 23.2 Å². The van der Waals surface area contributed by atoms with Crippen molar-refractivity contribution in [2.45, 2.75) is 48.5 Å². The summed E-state index contributed by atoms with van der Waals surface area (Å²) >= 11 is 11.7. The van der Waals surface area contributed by atoms with Gasteiger partial charge in [0.2, 0.25) is 0 Å². The second-order valence-electron chi connectivity index (χ2n) is 7.42. The molecule has 1 aromatic rings. The van der Waals surface area contributed by atoms with Crippen LogP contribution >= 0.6 is 23.2 Å². The van der Waals surface area contributed by atoms with Crippen LogP contribution in [0.2, 0.25) is 10.0 Å². The Labute approximate surface area is 128 Å². The third-order valence-corrected chi connectivity index (χ3v) is 2.09. The molecule has 0 heterocycles. The average molecular weight is 305 g/mol. The molecular weight excluding hydrogens is 279 g/mol. The predicted octanol–water partition coefficient (Wildman–Crippen LogP) is 6.47. The van der Waals surface area contributed by atoms with Crippen molar-refractivity contribution in [2.24, 2.45) is 10.8 Å². The van der Waals surface area contributed by atoms with E-state index in [1.165, 1.54) is 0 Å². The van der Waals surface area contributed by atoms with E-state index in [1.807, 2.05) is 0 Å². The molecule has 0 amide bonds. The molecule has 0 aliphatic rings. The zero-order valence-corrected chi connectivity index (χ0v) is 14.6. The summed E-state index contributed by atoms with van der Waals surface area (Å²) < 4.78 is 5.57. The molecule has 1 rings (SSSR count). The second-order valence-corrected chi connectivity index (χ2v) is 8.27. The van der Waals surface area contributed by atoms with Crippen molar-refractivity contribution in [1.82, 2.24) is 0 Å². The maximum atomic E-state index is 5.95. The lowest BCUT2D eigenvalue weighted by molar-refractivity contribution is 0.198. The van der Waals surface area contributed by atoms with Crippen LogP contribution < -0.4 is 4.74 Å². The van der Waals surface area contributed by atoms with Crippen LogP contribution in [-0.2, 0) is 0 Å². The van der Waals surface area contributed by atoms with Crippen molar-refractivity contribution in [3.05, 3.63) is 28.2 Å². The fourth-order valence-corrected chi connectivity index (χ4v) is 1.35. The summed E-state index contributed by atoms with van der Waals surface area (Å²) in [6.45, 7) is 15.7. The van der Waals surface area contributed by atoms with E-state index < -0.39 is 0 Å². The summed E-state index contributed by atoms with van der Waals surface area (Å²) in [7, 11) is 0. The first-order valence-corrected chi connectivity index (χ1v) is 7.22. The van der Waals surface area contributed by atoms with E-state index in [0.29, 0.717) is 27.8 Å². The lowest BCUT2D eigenvalue weighted by Gasteiger charge is -2.19. The van der Waals surface area contributed by atoms with Crippen molar-refractivity contribution < 1.29 is 4.74 Å². The molecule has 0 spiro atoms. The van der Waals surface area contributed by atoms with E-state index in [1.54, 1.807) is 18.2 Å². The lowest BCUT2D eigenvalue weighted by atomic mass is 9.99.